The summed E-state index contributed by atoms with van der Waals surface area (Å²) < 4.78 is 0. The van der Waals surface area contributed by atoms with Crippen LogP contribution in [0.1, 0.15) is 24.1 Å². The van der Waals surface area contributed by atoms with Gasteiger partial charge in [-0.15, -0.1) is 11.8 Å². The molecule has 0 bridgehead atoms. The Morgan fingerprint density at radius 1 is 1.47 bits per heavy atom. The molecule has 1 aliphatic heterocycles. The van der Waals surface area contributed by atoms with Crippen molar-refractivity contribution in [3.63, 3.8) is 0 Å². The lowest BCUT2D eigenvalue weighted by molar-refractivity contribution is -0.132. The van der Waals surface area contributed by atoms with Crippen molar-refractivity contribution in [3.05, 3.63) is 35.4 Å². The van der Waals surface area contributed by atoms with E-state index in [4.69, 9.17) is 0 Å². The third-order valence-corrected chi connectivity index (χ3v) is 4.14. The molecule has 102 valence electrons. The van der Waals surface area contributed by atoms with E-state index in [1.54, 1.807) is 16.7 Å². The first kappa shape index (κ1) is 13.9. The zero-order chi connectivity index (χ0) is 13.8. The van der Waals surface area contributed by atoms with Gasteiger partial charge in [0.25, 0.3) is 0 Å². The van der Waals surface area contributed by atoms with Gasteiger partial charge in [0, 0.05) is 0 Å². The molecule has 1 aromatic rings. The van der Waals surface area contributed by atoms with Crippen molar-refractivity contribution in [1.82, 2.24) is 10.2 Å². The fourth-order valence-electron chi connectivity index (χ4n) is 2.15. The molecule has 1 aromatic carbocycles. The van der Waals surface area contributed by atoms with Gasteiger partial charge in [-0.2, -0.15) is 0 Å². The molecule has 1 N–H and O–H groups in total. The molecule has 5 heteroatoms. The first-order chi connectivity index (χ1) is 9.08. The van der Waals surface area contributed by atoms with Gasteiger partial charge in [-0.05, 0) is 25.0 Å². The van der Waals surface area contributed by atoms with E-state index in [0.717, 1.165) is 11.1 Å². The number of nitrogens with zero attached hydrogens (tertiary/aromatic N) is 1. The normalized spacial score (nSPS) is 16.5. The Balaban J connectivity index is 1.92. The topological polar surface area (TPSA) is 49.4 Å². The average Bonchev–Trinajstić information content (AvgIpc) is 2.75. The van der Waals surface area contributed by atoms with Gasteiger partial charge in [-0.1, -0.05) is 24.3 Å². The van der Waals surface area contributed by atoms with Crippen LogP contribution in [0.25, 0.3) is 0 Å². The summed E-state index contributed by atoms with van der Waals surface area (Å²) in [6.45, 7) is 4.14. The van der Waals surface area contributed by atoms with Gasteiger partial charge < -0.3 is 10.2 Å². The third kappa shape index (κ3) is 3.50. The van der Waals surface area contributed by atoms with Gasteiger partial charge in [0.1, 0.15) is 6.54 Å². The molecule has 1 saturated heterocycles. The predicted molar refractivity (Wildman–Crippen MR) is 76.8 cm³/mol. The first-order valence-corrected chi connectivity index (χ1v) is 7.44. The molecule has 1 aliphatic rings. The van der Waals surface area contributed by atoms with Crippen LogP contribution >= 0.6 is 11.8 Å². The fraction of sp³-hybridized carbons (Fsp3) is 0.429. The molecular weight excluding hydrogens is 260 g/mol. The molecule has 2 rings (SSSR count). The number of aryl methyl sites for hydroxylation is 1. The van der Waals surface area contributed by atoms with E-state index in [9.17, 15) is 9.59 Å². The summed E-state index contributed by atoms with van der Waals surface area (Å²) in [4.78, 5) is 25.0. The second-order valence-corrected chi connectivity index (χ2v) is 5.67. The summed E-state index contributed by atoms with van der Waals surface area (Å²) in [6, 6.07) is 7.94. The molecular formula is C14H18N2O2S. The largest absolute Gasteiger partial charge is 0.348 e. The second kappa shape index (κ2) is 6.10. The highest BCUT2D eigenvalue weighted by molar-refractivity contribution is 8.00. The van der Waals surface area contributed by atoms with Gasteiger partial charge >= 0.3 is 0 Å². The minimum atomic E-state index is -0.105. The van der Waals surface area contributed by atoms with E-state index in [1.165, 1.54) is 0 Å². The average molecular weight is 278 g/mol. The van der Waals surface area contributed by atoms with Gasteiger partial charge in [-0.3, -0.25) is 9.59 Å². The molecule has 1 heterocycles. The number of thioether (sulfide) groups is 1. The summed E-state index contributed by atoms with van der Waals surface area (Å²) in [6.07, 6.45) is 0. The van der Waals surface area contributed by atoms with Gasteiger partial charge in [0.05, 0.1) is 17.7 Å². The standard InChI is InChI=1S/C14H18N2O2S/c1-10-5-3-4-6-12(10)11(2)15-13(17)7-16-9-19-8-14(16)18/h3-6,11H,7-9H2,1-2H3,(H,15,17). The minimum absolute atomic E-state index is 0.0425. The Morgan fingerprint density at radius 2 is 2.21 bits per heavy atom. The molecule has 0 aromatic heterocycles. The molecule has 0 spiro atoms. The summed E-state index contributed by atoms with van der Waals surface area (Å²) in [5.74, 6) is 1.04. The Labute approximate surface area is 117 Å². The van der Waals surface area contributed by atoms with Crippen molar-refractivity contribution in [1.29, 1.82) is 0 Å². The first-order valence-electron chi connectivity index (χ1n) is 6.28. The van der Waals surface area contributed by atoms with E-state index < -0.39 is 0 Å². The highest BCUT2D eigenvalue weighted by Gasteiger charge is 2.23. The Hall–Kier alpha value is -1.49. The summed E-state index contributed by atoms with van der Waals surface area (Å²) in [5, 5.41) is 2.94. The van der Waals surface area contributed by atoms with E-state index in [1.807, 2.05) is 38.1 Å². The maximum absolute atomic E-state index is 11.9. The number of hydrogen-bond acceptors (Lipinski definition) is 3. The van der Waals surface area contributed by atoms with Gasteiger partial charge in [-0.25, -0.2) is 0 Å². The SMILES string of the molecule is Cc1ccccc1C(C)NC(=O)CN1CSCC1=O. The number of carbonyl (C=O) groups is 2. The molecule has 1 atom stereocenters. The van der Waals surface area contributed by atoms with Crippen LogP contribution in [0.5, 0.6) is 0 Å². The number of nitrogens with one attached hydrogen (secondary N) is 1. The van der Waals surface area contributed by atoms with Crippen LogP contribution < -0.4 is 5.32 Å². The minimum Gasteiger partial charge on any atom is -0.348 e. The molecule has 2 amide bonds. The van der Waals surface area contributed by atoms with Crippen LogP contribution in [0, 0.1) is 6.92 Å². The number of amides is 2. The summed E-state index contributed by atoms with van der Waals surface area (Å²) in [5.41, 5.74) is 2.26. The lowest BCUT2D eigenvalue weighted by Gasteiger charge is -2.19. The Bertz CT molecular complexity index is 490. The van der Waals surface area contributed by atoms with Crippen LogP contribution in [-0.4, -0.2) is 34.9 Å². The van der Waals surface area contributed by atoms with Crippen molar-refractivity contribution >= 4 is 23.6 Å². The van der Waals surface area contributed by atoms with Crippen LogP contribution in [0.2, 0.25) is 0 Å². The van der Waals surface area contributed by atoms with Crippen molar-refractivity contribution in [2.24, 2.45) is 0 Å². The summed E-state index contributed by atoms with van der Waals surface area (Å²) in [7, 11) is 0. The number of benzene rings is 1. The van der Waals surface area contributed by atoms with E-state index >= 15 is 0 Å². The fourth-order valence-corrected chi connectivity index (χ4v) is 3.06. The third-order valence-electron chi connectivity index (χ3n) is 3.19. The van der Waals surface area contributed by atoms with Crippen LogP contribution in [0.3, 0.4) is 0 Å². The lowest BCUT2D eigenvalue weighted by atomic mass is 10.0. The highest BCUT2D eigenvalue weighted by Crippen LogP contribution is 2.17. The zero-order valence-corrected chi connectivity index (χ0v) is 12.0. The number of rotatable bonds is 4. The molecule has 1 unspecified atom stereocenters. The second-order valence-electron chi connectivity index (χ2n) is 4.72. The molecule has 1 fully saturated rings. The van der Waals surface area contributed by atoms with E-state index in [0.29, 0.717) is 11.6 Å². The van der Waals surface area contributed by atoms with E-state index in [2.05, 4.69) is 5.32 Å². The summed E-state index contributed by atoms with van der Waals surface area (Å²) >= 11 is 1.55. The maximum Gasteiger partial charge on any atom is 0.240 e. The van der Waals surface area contributed by atoms with Crippen LogP contribution in [-0.2, 0) is 9.59 Å². The van der Waals surface area contributed by atoms with Crippen LogP contribution in [0.4, 0.5) is 0 Å². The number of carbonyl (C=O) groups excluding carboxylic acids is 2. The smallest absolute Gasteiger partial charge is 0.240 e. The van der Waals surface area contributed by atoms with Gasteiger partial charge in [0.2, 0.25) is 11.8 Å². The molecule has 0 radical (unpaired) electrons. The molecule has 19 heavy (non-hydrogen) atoms. The number of hydrogen-bond donors (Lipinski definition) is 1. The predicted octanol–water partition coefficient (Wildman–Crippen LogP) is 1.71. The Morgan fingerprint density at radius 3 is 2.84 bits per heavy atom. The van der Waals surface area contributed by atoms with Gasteiger partial charge in [0.15, 0.2) is 0 Å². The zero-order valence-electron chi connectivity index (χ0n) is 11.2. The Kier molecular flexibility index (Phi) is 4.47. The van der Waals surface area contributed by atoms with E-state index in [-0.39, 0.29) is 24.4 Å². The van der Waals surface area contributed by atoms with Crippen LogP contribution in [0.15, 0.2) is 24.3 Å². The van der Waals surface area contributed by atoms with Crippen molar-refractivity contribution < 1.29 is 9.59 Å². The monoisotopic (exact) mass is 278 g/mol. The maximum atomic E-state index is 11.9. The van der Waals surface area contributed by atoms with Crippen molar-refractivity contribution in [2.75, 3.05) is 18.2 Å². The molecule has 0 aliphatic carbocycles. The quantitative estimate of drug-likeness (QED) is 0.912. The molecule has 0 saturated carbocycles. The van der Waals surface area contributed by atoms with Crippen molar-refractivity contribution in [3.8, 4) is 0 Å². The van der Waals surface area contributed by atoms with Crippen molar-refractivity contribution in [2.45, 2.75) is 19.9 Å². The highest BCUT2D eigenvalue weighted by atomic mass is 32.2. The lowest BCUT2D eigenvalue weighted by Crippen LogP contribution is -2.39. The molecule has 4 nitrogen and oxygen atoms in total.